The van der Waals surface area contributed by atoms with E-state index < -0.39 is 11.9 Å². The molecule has 3 aromatic rings. The number of hydrogen-bond acceptors (Lipinski definition) is 4. The van der Waals surface area contributed by atoms with Gasteiger partial charge in [-0.15, -0.1) is 0 Å². The molecule has 1 N–H and O–H groups in total. The van der Waals surface area contributed by atoms with E-state index in [-0.39, 0.29) is 13.2 Å². The number of esters is 1. The van der Waals surface area contributed by atoms with E-state index in [2.05, 4.69) is 19.2 Å². The highest BCUT2D eigenvalue weighted by atomic mass is 16.6. The number of benzene rings is 3. The molecular weight excluding hydrogens is 390 g/mol. The van der Waals surface area contributed by atoms with E-state index in [1.54, 1.807) is 0 Å². The van der Waals surface area contributed by atoms with Crippen molar-refractivity contribution in [2.45, 2.75) is 26.2 Å². The summed E-state index contributed by atoms with van der Waals surface area (Å²) in [4.78, 5) is 24.1. The standard InChI is InChI=1S/C26H27NO4/c1-19(2)21-12-14-23(15-13-21)27-25(28)17-31-26(29)18-30-24-11-7-6-10-22(24)16-20-8-4-3-5-9-20/h3-15,19H,16-18H2,1-2H3,(H,27,28). The Bertz CT molecular complexity index is 997. The van der Waals surface area contributed by atoms with Crippen molar-refractivity contribution in [3.05, 3.63) is 95.6 Å². The summed E-state index contributed by atoms with van der Waals surface area (Å²) in [6.07, 6.45) is 0.698. The summed E-state index contributed by atoms with van der Waals surface area (Å²) in [5.74, 6) is 0.0523. The van der Waals surface area contributed by atoms with Crippen LogP contribution in [0.2, 0.25) is 0 Å². The highest BCUT2D eigenvalue weighted by molar-refractivity contribution is 5.92. The molecule has 0 fully saturated rings. The van der Waals surface area contributed by atoms with Gasteiger partial charge in [-0.25, -0.2) is 4.79 Å². The van der Waals surface area contributed by atoms with Gasteiger partial charge in [0.25, 0.3) is 5.91 Å². The Morgan fingerprint density at radius 3 is 2.23 bits per heavy atom. The monoisotopic (exact) mass is 417 g/mol. The van der Waals surface area contributed by atoms with Gasteiger partial charge in [-0.2, -0.15) is 0 Å². The van der Waals surface area contributed by atoms with Gasteiger partial charge in [0.2, 0.25) is 0 Å². The van der Waals surface area contributed by atoms with Crippen LogP contribution in [0.4, 0.5) is 5.69 Å². The first kappa shape index (κ1) is 22.1. The number of para-hydroxylation sites is 1. The third-order valence-corrected chi connectivity index (χ3v) is 4.78. The summed E-state index contributed by atoms with van der Waals surface area (Å²) in [6.45, 7) is 3.59. The van der Waals surface area contributed by atoms with Gasteiger partial charge in [-0.05, 0) is 40.8 Å². The van der Waals surface area contributed by atoms with Crippen molar-refractivity contribution >= 4 is 17.6 Å². The Balaban J connectivity index is 1.45. The first-order valence-electron chi connectivity index (χ1n) is 10.3. The molecule has 0 heterocycles. The first-order chi connectivity index (χ1) is 15.0. The second kappa shape index (κ2) is 11.0. The van der Waals surface area contributed by atoms with Crippen LogP contribution in [0.5, 0.6) is 5.75 Å². The van der Waals surface area contributed by atoms with E-state index in [0.29, 0.717) is 23.8 Å². The second-order valence-electron chi connectivity index (χ2n) is 7.54. The zero-order chi connectivity index (χ0) is 22.1. The molecule has 0 bridgehead atoms. The maximum atomic E-state index is 12.0. The van der Waals surface area contributed by atoms with Gasteiger partial charge in [0.1, 0.15) is 5.75 Å². The number of carbonyl (C=O) groups is 2. The summed E-state index contributed by atoms with van der Waals surface area (Å²) >= 11 is 0. The molecule has 0 aliphatic rings. The number of nitrogens with one attached hydrogen (secondary N) is 1. The van der Waals surface area contributed by atoms with Crippen molar-refractivity contribution in [2.24, 2.45) is 0 Å². The van der Waals surface area contributed by atoms with Crippen LogP contribution in [0, 0.1) is 0 Å². The van der Waals surface area contributed by atoms with E-state index in [9.17, 15) is 9.59 Å². The molecule has 160 valence electrons. The predicted octanol–water partition coefficient (Wildman–Crippen LogP) is 4.96. The molecule has 0 atom stereocenters. The number of ether oxygens (including phenoxy) is 2. The van der Waals surface area contributed by atoms with Crippen LogP contribution in [0.3, 0.4) is 0 Å². The molecule has 0 saturated heterocycles. The van der Waals surface area contributed by atoms with Gasteiger partial charge >= 0.3 is 5.97 Å². The van der Waals surface area contributed by atoms with Gasteiger partial charge in [0, 0.05) is 12.1 Å². The lowest BCUT2D eigenvalue weighted by Crippen LogP contribution is -2.23. The first-order valence-corrected chi connectivity index (χ1v) is 10.3. The van der Waals surface area contributed by atoms with Crippen LogP contribution < -0.4 is 10.1 Å². The van der Waals surface area contributed by atoms with Gasteiger partial charge in [0.05, 0.1) is 0 Å². The minimum absolute atomic E-state index is 0.262. The van der Waals surface area contributed by atoms with Gasteiger partial charge in [-0.1, -0.05) is 74.5 Å². The maximum Gasteiger partial charge on any atom is 0.344 e. The lowest BCUT2D eigenvalue weighted by atomic mass is 10.0. The molecule has 0 radical (unpaired) electrons. The molecule has 1 amide bonds. The van der Waals surface area contributed by atoms with Crippen LogP contribution in [0.25, 0.3) is 0 Å². The van der Waals surface area contributed by atoms with Crippen LogP contribution in [-0.4, -0.2) is 25.1 Å². The van der Waals surface area contributed by atoms with Crippen LogP contribution >= 0.6 is 0 Å². The number of hydrogen-bond donors (Lipinski definition) is 1. The van der Waals surface area contributed by atoms with Crippen molar-refractivity contribution in [1.82, 2.24) is 0 Å². The van der Waals surface area contributed by atoms with Gasteiger partial charge < -0.3 is 14.8 Å². The maximum absolute atomic E-state index is 12.0. The molecular formula is C26H27NO4. The van der Waals surface area contributed by atoms with E-state index in [1.165, 1.54) is 5.56 Å². The average molecular weight is 418 g/mol. The fourth-order valence-electron chi connectivity index (χ4n) is 3.08. The molecule has 3 aromatic carbocycles. The molecule has 5 nitrogen and oxygen atoms in total. The summed E-state index contributed by atoms with van der Waals surface area (Å²) in [6, 6.07) is 25.2. The number of carbonyl (C=O) groups excluding carboxylic acids is 2. The van der Waals surface area contributed by atoms with Crippen molar-refractivity contribution < 1.29 is 19.1 Å². The van der Waals surface area contributed by atoms with E-state index >= 15 is 0 Å². The molecule has 31 heavy (non-hydrogen) atoms. The second-order valence-corrected chi connectivity index (χ2v) is 7.54. The zero-order valence-corrected chi connectivity index (χ0v) is 17.8. The fraction of sp³-hybridized carbons (Fsp3) is 0.231. The predicted molar refractivity (Wildman–Crippen MR) is 121 cm³/mol. The van der Waals surface area contributed by atoms with Gasteiger partial charge in [0.15, 0.2) is 13.2 Å². The SMILES string of the molecule is CC(C)c1ccc(NC(=O)COC(=O)COc2ccccc2Cc2ccccc2)cc1. The van der Waals surface area contributed by atoms with Crippen molar-refractivity contribution in [1.29, 1.82) is 0 Å². The highest BCUT2D eigenvalue weighted by Gasteiger charge is 2.11. The van der Waals surface area contributed by atoms with Crippen molar-refractivity contribution in [3.8, 4) is 5.75 Å². The lowest BCUT2D eigenvalue weighted by molar-refractivity contribution is -0.149. The topological polar surface area (TPSA) is 64.6 Å². The Morgan fingerprint density at radius 1 is 0.839 bits per heavy atom. The molecule has 0 unspecified atom stereocenters. The largest absolute Gasteiger partial charge is 0.482 e. The van der Waals surface area contributed by atoms with E-state index in [4.69, 9.17) is 9.47 Å². The van der Waals surface area contributed by atoms with Crippen molar-refractivity contribution in [3.63, 3.8) is 0 Å². The summed E-state index contributed by atoms with van der Waals surface area (Å²) in [7, 11) is 0. The quantitative estimate of drug-likeness (QED) is 0.500. The van der Waals surface area contributed by atoms with Crippen LogP contribution in [0.1, 0.15) is 36.5 Å². The smallest absolute Gasteiger partial charge is 0.344 e. The molecule has 0 aliphatic heterocycles. The molecule has 0 spiro atoms. The normalized spacial score (nSPS) is 10.5. The summed E-state index contributed by atoms with van der Waals surface area (Å²) < 4.78 is 10.7. The third-order valence-electron chi connectivity index (χ3n) is 4.78. The molecule has 3 rings (SSSR count). The number of anilines is 1. The molecule has 5 heteroatoms. The summed E-state index contributed by atoms with van der Waals surface area (Å²) in [5.41, 5.74) is 3.98. The van der Waals surface area contributed by atoms with Gasteiger partial charge in [-0.3, -0.25) is 4.79 Å². The molecule has 0 aliphatic carbocycles. The van der Waals surface area contributed by atoms with E-state index in [1.807, 2.05) is 78.9 Å². The van der Waals surface area contributed by atoms with Crippen LogP contribution in [0.15, 0.2) is 78.9 Å². The summed E-state index contributed by atoms with van der Waals surface area (Å²) in [5, 5.41) is 2.72. The minimum atomic E-state index is -0.597. The number of rotatable bonds is 9. The minimum Gasteiger partial charge on any atom is -0.482 e. The Morgan fingerprint density at radius 2 is 1.52 bits per heavy atom. The highest BCUT2D eigenvalue weighted by Crippen LogP contribution is 2.21. The van der Waals surface area contributed by atoms with E-state index in [0.717, 1.165) is 11.1 Å². The van der Waals surface area contributed by atoms with Crippen molar-refractivity contribution in [2.75, 3.05) is 18.5 Å². The average Bonchev–Trinajstić information content (AvgIpc) is 2.78. The Kier molecular flexibility index (Phi) is 7.82. The molecule has 0 aromatic heterocycles. The lowest BCUT2D eigenvalue weighted by Gasteiger charge is -2.12. The van der Waals surface area contributed by atoms with Crippen LogP contribution in [-0.2, 0) is 20.7 Å². The fourth-order valence-corrected chi connectivity index (χ4v) is 3.08. The Hall–Kier alpha value is -3.60. The number of amides is 1. The zero-order valence-electron chi connectivity index (χ0n) is 17.8. The third kappa shape index (κ3) is 7.00. The Labute approximate surface area is 183 Å². The molecule has 0 saturated carbocycles.